The summed E-state index contributed by atoms with van der Waals surface area (Å²) in [5.74, 6) is 3.24. The molecule has 3 unspecified atom stereocenters. The van der Waals surface area contributed by atoms with Gasteiger partial charge in [0.25, 0.3) is 0 Å². The highest BCUT2D eigenvalue weighted by molar-refractivity contribution is 7.10. The Hall–Kier alpha value is -4.62. The van der Waals surface area contributed by atoms with Crippen LogP contribution in [0.2, 0.25) is 0 Å². The first-order chi connectivity index (χ1) is 27.9. The number of thiazole rings is 1. The van der Waals surface area contributed by atoms with Crippen LogP contribution in [0.15, 0.2) is 91.9 Å². The molecule has 4 aromatic rings. The lowest BCUT2D eigenvalue weighted by molar-refractivity contribution is 0.188. The van der Waals surface area contributed by atoms with Gasteiger partial charge in [0.1, 0.15) is 0 Å². The lowest BCUT2D eigenvalue weighted by Crippen LogP contribution is -2.47. The predicted molar refractivity (Wildman–Crippen MR) is 249 cm³/mol. The topological polar surface area (TPSA) is 83.2 Å². The molecule has 1 aromatic carbocycles. The largest absolute Gasteiger partial charge is 0.390 e. The molecule has 3 atom stereocenters. The molecule has 3 aromatic heterocycles. The van der Waals surface area contributed by atoms with Crippen LogP contribution < -0.4 is 16.0 Å². The summed E-state index contributed by atoms with van der Waals surface area (Å²) in [4.78, 5) is 14.8. The molecule has 4 heterocycles. The molecular weight excluding hydrogens is 733 g/mol. The number of benzene rings is 1. The Balaban J connectivity index is 1.35. The number of fused-ring (bicyclic) bond motifs is 1. The zero-order valence-corrected chi connectivity index (χ0v) is 37.2. The Kier molecular flexibility index (Phi) is 15.6. The van der Waals surface area contributed by atoms with Crippen LogP contribution in [0.1, 0.15) is 70.6 Å². The number of pyridine rings is 1. The maximum Gasteiger partial charge on any atom is 0.0956 e. The van der Waals surface area contributed by atoms with Crippen molar-refractivity contribution in [1.29, 1.82) is 0 Å². The number of rotatable bonds is 25. The van der Waals surface area contributed by atoms with E-state index in [1.165, 1.54) is 27.7 Å². The molecule has 58 heavy (non-hydrogen) atoms. The number of nitrogens with zero attached hydrogens (tertiary/aromatic N) is 5. The normalized spacial score (nSPS) is 14.9. The molecule has 1 aliphatic rings. The summed E-state index contributed by atoms with van der Waals surface area (Å²) < 4.78 is 2.48. The Labute approximate surface area is 353 Å². The first kappa shape index (κ1) is 44.5. The van der Waals surface area contributed by atoms with Crippen molar-refractivity contribution >= 4 is 22.2 Å². The van der Waals surface area contributed by atoms with E-state index >= 15 is 0 Å². The smallest absolute Gasteiger partial charge is 0.0956 e. The number of likely N-dealkylation sites (N-methyl/N-ethyl adjacent to an activating group) is 1. The van der Waals surface area contributed by atoms with E-state index in [-0.39, 0.29) is 17.5 Å². The van der Waals surface area contributed by atoms with Crippen molar-refractivity contribution in [3.63, 3.8) is 0 Å². The Morgan fingerprint density at radius 3 is 2.60 bits per heavy atom. The lowest BCUT2D eigenvalue weighted by Gasteiger charge is -2.36. The summed E-state index contributed by atoms with van der Waals surface area (Å²) in [6.45, 7) is 36.0. The van der Waals surface area contributed by atoms with Crippen LogP contribution in [0, 0.1) is 23.7 Å². The second kappa shape index (κ2) is 20.4. The highest BCUT2D eigenvalue weighted by atomic mass is 32.1. The van der Waals surface area contributed by atoms with Crippen LogP contribution in [0.25, 0.3) is 33.4 Å². The van der Waals surface area contributed by atoms with Gasteiger partial charge in [0.05, 0.1) is 34.5 Å². The zero-order chi connectivity index (χ0) is 42.0. The average molecular weight is 801 g/mol. The molecule has 5 rings (SSSR count). The van der Waals surface area contributed by atoms with Crippen LogP contribution in [0.5, 0.6) is 0 Å². The van der Waals surface area contributed by atoms with Crippen molar-refractivity contribution in [2.45, 2.75) is 98.3 Å². The van der Waals surface area contributed by atoms with Crippen molar-refractivity contribution in [2.75, 3.05) is 39.8 Å². The summed E-state index contributed by atoms with van der Waals surface area (Å²) in [7, 11) is 2.20. The molecule has 9 heteroatoms. The fourth-order valence-electron chi connectivity index (χ4n) is 8.36. The maximum absolute atomic E-state index is 5.75. The summed E-state index contributed by atoms with van der Waals surface area (Å²) in [6, 6.07) is 11.7. The molecule has 0 saturated carbocycles. The molecule has 1 aliphatic heterocycles. The molecule has 0 spiro atoms. The third-order valence-electron chi connectivity index (χ3n) is 11.5. The first-order valence-corrected chi connectivity index (χ1v) is 22.0. The minimum Gasteiger partial charge on any atom is -0.390 e. The standard InChI is InChI=1S/C49H68N8S/c1-13-18-23-49(10,11)31-41-40-29-37(21-22-45(40)57(17-5)48(41)39-20-19-24-51-42(39)15-3)44-33-58-46(54-44)30-38(14-2)53-35(8)47(34(6)7)55(12)27-28-56(26-25-50-16-4)36(9)43-32-52-43/h1,14,16,19-22,24,29,33-34,38,43,47,50,52-53H,2,4,8-9,15,17-18,23,25-28,30-32H2,3,5-7,10-12H3. The number of aryl methyl sites for hydroxylation is 2. The van der Waals surface area contributed by atoms with Gasteiger partial charge in [-0.05, 0) is 80.6 Å². The summed E-state index contributed by atoms with van der Waals surface area (Å²) >= 11 is 1.71. The second-order valence-corrected chi connectivity index (χ2v) is 17.8. The quantitative estimate of drug-likeness (QED) is 0.0267. The van der Waals surface area contributed by atoms with Gasteiger partial charge in [-0.3, -0.25) is 9.88 Å². The van der Waals surface area contributed by atoms with Crippen molar-refractivity contribution in [3.8, 4) is 34.9 Å². The highest BCUT2D eigenvalue weighted by Gasteiger charge is 2.30. The average Bonchev–Trinajstić information content (AvgIpc) is 3.89. The van der Waals surface area contributed by atoms with Gasteiger partial charge in [-0.1, -0.05) is 66.5 Å². The number of aromatic nitrogens is 3. The molecule has 310 valence electrons. The number of hydrogen-bond donors (Lipinski definition) is 3. The van der Waals surface area contributed by atoms with Crippen LogP contribution in [-0.4, -0.2) is 82.2 Å². The molecule has 3 N–H and O–H groups in total. The van der Waals surface area contributed by atoms with Gasteiger partial charge in [0.2, 0.25) is 0 Å². The predicted octanol–water partition coefficient (Wildman–Crippen LogP) is 9.07. The van der Waals surface area contributed by atoms with E-state index in [0.717, 1.165) is 105 Å². The number of nitrogens with one attached hydrogen (secondary N) is 3. The van der Waals surface area contributed by atoms with E-state index in [4.69, 9.17) is 16.4 Å². The van der Waals surface area contributed by atoms with Gasteiger partial charge in [0.15, 0.2) is 0 Å². The molecular formula is C49H68N8S. The summed E-state index contributed by atoms with van der Waals surface area (Å²) in [5, 5.41) is 14.9. The van der Waals surface area contributed by atoms with Crippen molar-refractivity contribution in [2.24, 2.45) is 11.3 Å². The van der Waals surface area contributed by atoms with Crippen LogP contribution in [0.3, 0.4) is 0 Å². The number of hydrogen-bond acceptors (Lipinski definition) is 8. The summed E-state index contributed by atoms with van der Waals surface area (Å²) in [6.07, 6.45) is 15.6. The molecule has 0 amide bonds. The number of terminal acetylenes is 1. The van der Waals surface area contributed by atoms with Gasteiger partial charge >= 0.3 is 0 Å². The van der Waals surface area contributed by atoms with Crippen molar-refractivity contribution in [3.05, 3.63) is 108 Å². The van der Waals surface area contributed by atoms with E-state index in [9.17, 15) is 0 Å². The molecule has 0 aliphatic carbocycles. The third kappa shape index (κ3) is 10.9. The molecule has 1 saturated heterocycles. The maximum atomic E-state index is 5.75. The van der Waals surface area contributed by atoms with Gasteiger partial charge < -0.3 is 25.4 Å². The SMILES string of the molecule is C#CCCC(C)(C)Cc1c(-c2cccnc2CC)n(CC)c2ccc(-c3csc(CC(C=C)NC(=C)C(C(C)C)N(C)CCN(CCNC=C)C(=C)C4CN4)n3)cc12. The van der Waals surface area contributed by atoms with Gasteiger partial charge in [-0.15, -0.1) is 30.3 Å². The van der Waals surface area contributed by atoms with Crippen LogP contribution >= 0.6 is 11.3 Å². The fourth-order valence-corrected chi connectivity index (χ4v) is 9.23. The third-order valence-corrected chi connectivity index (χ3v) is 12.4. The fraction of sp³-hybridized carbons (Fsp3) is 0.469. The van der Waals surface area contributed by atoms with Crippen molar-refractivity contribution < 1.29 is 0 Å². The van der Waals surface area contributed by atoms with E-state index in [1.54, 1.807) is 17.5 Å². The Morgan fingerprint density at radius 1 is 1.17 bits per heavy atom. The minimum atomic E-state index is -0.00365. The zero-order valence-electron chi connectivity index (χ0n) is 36.3. The van der Waals surface area contributed by atoms with E-state index in [2.05, 4.69) is 147 Å². The second-order valence-electron chi connectivity index (χ2n) is 16.8. The van der Waals surface area contributed by atoms with Crippen molar-refractivity contribution in [1.82, 2.24) is 40.3 Å². The molecule has 8 nitrogen and oxygen atoms in total. The highest BCUT2D eigenvalue weighted by Crippen LogP contribution is 2.41. The van der Waals surface area contributed by atoms with Gasteiger partial charge in [-0.2, -0.15) is 0 Å². The summed E-state index contributed by atoms with van der Waals surface area (Å²) in [5.41, 5.74) is 10.5. The van der Waals surface area contributed by atoms with E-state index in [1.807, 2.05) is 12.3 Å². The van der Waals surface area contributed by atoms with E-state index < -0.39 is 0 Å². The Morgan fingerprint density at radius 2 is 1.95 bits per heavy atom. The first-order valence-electron chi connectivity index (χ1n) is 21.1. The Bertz CT molecular complexity index is 2070. The van der Waals surface area contributed by atoms with Gasteiger partial charge in [-0.25, -0.2) is 4.98 Å². The minimum absolute atomic E-state index is 0.00365. The molecule has 0 bridgehead atoms. The molecule has 0 radical (unpaired) electrons. The van der Waals surface area contributed by atoms with Gasteiger partial charge in [0, 0.05) is 103 Å². The monoisotopic (exact) mass is 801 g/mol. The van der Waals surface area contributed by atoms with E-state index in [0.29, 0.717) is 12.0 Å². The lowest BCUT2D eigenvalue weighted by atomic mass is 9.80. The van der Waals surface area contributed by atoms with Crippen LogP contribution in [0.4, 0.5) is 0 Å². The molecule has 1 fully saturated rings. The van der Waals surface area contributed by atoms with Crippen LogP contribution in [-0.2, 0) is 25.8 Å².